The van der Waals surface area contributed by atoms with Crippen molar-refractivity contribution in [2.75, 3.05) is 0 Å². The van der Waals surface area contributed by atoms with E-state index in [1.54, 1.807) is 26.0 Å². The molecule has 0 bridgehead atoms. The average Bonchev–Trinajstić information content (AvgIpc) is 3.23. The Morgan fingerprint density at radius 2 is 2.11 bits per heavy atom. The summed E-state index contributed by atoms with van der Waals surface area (Å²) in [5, 5.41) is 23.9. The molecule has 2 atom stereocenters. The second-order valence-electron chi connectivity index (χ2n) is 8.93. The minimum atomic E-state index is -1.98. The van der Waals surface area contributed by atoms with Gasteiger partial charge in [0.1, 0.15) is 12.4 Å². The number of rotatable bonds is 4. The van der Waals surface area contributed by atoms with Crippen LogP contribution < -0.4 is 10.9 Å². The smallest absolute Gasteiger partial charge is 0.343 e. The summed E-state index contributed by atoms with van der Waals surface area (Å²) in [7, 11) is 0. The van der Waals surface area contributed by atoms with E-state index in [9.17, 15) is 29.0 Å². The molecule has 36 heavy (non-hydrogen) atoms. The SMILES string of the molecule is C#C[C@H](O)C(=O)NCc1c2c(nc3cc(F)c(C)cc13)-c1cc3c(c(=O)n1C2)COC(=O)[C@]3(O)CC. The van der Waals surface area contributed by atoms with Gasteiger partial charge in [0.2, 0.25) is 0 Å². The van der Waals surface area contributed by atoms with Crippen molar-refractivity contribution in [3.63, 3.8) is 0 Å². The number of aliphatic hydroxyl groups is 2. The van der Waals surface area contributed by atoms with Gasteiger partial charge in [0.25, 0.3) is 11.5 Å². The molecule has 0 unspecified atom stereocenters. The molecule has 2 aliphatic rings. The van der Waals surface area contributed by atoms with E-state index in [0.29, 0.717) is 39.0 Å². The van der Waals surface area contributed by atoms with Crippen LogP contribution in [0.1, 0.15) is 41.2 Å². The number of nitrogens with one attached hydrogen (secondary N) is 1. The van der Waals surface area contributed by atoms with Crippen LogP contribution in [0.5, 0.6) is 0 Å². The van der Waals surface area contributed by atoms with Gasteiger partial charge >= 0.3 is 5.97 Å². The number of aromatic nitrogens is 2. The molecule has 2 aromatic heterocycles. The Morgan fingerprint density at radius 3 is 2.81 bits per heavy atom. The number of terminal acetylenes is 1. The summed E-state index contributed by atoms with van der Waals surface area (Å²) in [6, 6.07) is 4.43. The first-order chi connectivity index (χ1) is 17.1. The standard InChI is InChI=1S/C26H22FN3O6/c1-4-21(31)23(32)28-9-14-13-6-12(3)18(27)8-19(13)29-22-15(14)10-30-20(22)7-17-16(24(30)33)11-36-25(34)26(17,35)5-2/h1,6-8,21,31,35H,5,9-11H2,2-3H3,(H,28,32)/t21-,26-/m0/s1. The number of carbonyl (C=O) groups is 2. The summed E-state index contributed by atoms with van der Waals surface area (Å²) < 4.78 is 21.0. The number of pyridine rings is 2. The number of hydrogen-bond acceptors (Lipinski definition) is 7. The zero-order valence-electron chi connectivity index (χ0n) is 19.5. The second kappa shape index (κ2) is 8.26. The maximum atomic E-state index is 14.5. The summed E-state index contributed by atoms with van der Waals surface area (Å²) in [5.41, 5.74) is 0.486. The summed E-state index contributed by atoms with van der Waals surface area (Å²) in [6.07, 6.45) is 3.49. The summed E-state index contributed by atoms with van der Waals surface area (Å²) >= 11 is 0. The van der Waals surface area contributed by atoms with E-state index in [4.69, 9.17) is 11.2 Å². The molecule has 5 rings (SSSR count). The number of benzene rings is 1. The maximum Gasteiger partial charge on any atom is 0.343 e. The monoisotopic (exact) mass is 491 g/mol. The minimum Gasteiger partial charge on any atom is -0.458 e. The van der Waals surface area contributed by atoms with Gasteiger partial charge in [-0.15, -0.1) is 6.42 Å². The number of fused-ring (bicyclic) bond motifs is 5. The highest BCUT2D eigenvalue weighted by atomic mass is 19.1. The third kappa shape index (κ3) is 3.31. The molecule has 0 saturated heterocycles. The van der Waals surface area contributed by atoms with Crippen LogP contribution in [0.4, 0.5) is 4.39 Å². The van der Waals surface area contributed by atoms with Gasteiger partial charge in [-0.3, -0.25) is 9.59 Å². The van der Waals surface area contributed by atoms with Gasteiger partial charge < -0.3 is 24.8 Å². The van der Waals surface area contributed by atoms with E-state index in [1.165, 1.54) is 10.6 Å². The van der Waals surface area contributed by atoms with E-state index in [0.717, 1.165) is 0 Å². The number of ether oxygens (including phenoxy) is 1. The van der Waals surface area contributed by atoms with Crippen LogP contribution in [0, 0.1) is 25.1 Å². The second-order valence-corrected chi connectivity index (χ2v) is 8.93. The Balaban J connectivity index is 1.74. The Morgan fingerprint density at radius 1 is 1.36 bits per heavy atom. The molecule has 4 heterocycles. The van der Waals surface area contributed by atoms with E-state index < -0.39 is 35.0 Å². The number of halogens is 1. The molecule has 0 saturated carbocycles. The lowest BCUT2D eigenvalue weighted by Gasteiger charge is -2.31. The van der Waals surface area contributed by atoms with Crippen LogP contribution in [-0.2, 0) is 39.6 Å². The van der Waals surface area contributed by atoms with E-state index >= 15 is 0 Å². The number of amides is 1. The normalized spacial score (nSPS) is 18.6. The summed E-state index contributed by atoms with van der Waals surface area (Å²) in [5.74, 6) is -0.135. The van der Waals surface area contributed by atoms with Gasteiger partial charge in [-0.2, -0.15) is 0 Å². The molecule has 0 fully saturated rings. The number of cyclic esters (lactones) is 1. The fourth-order valence-electron chi connectivity index (χ4n) is 4.84. The number of aliphatic hydroxyl groups excluding tert-OH is 1. The number of esters is 1. The van der Waals surface area contributed by atoms with Crippen LogP contribution in [0.15, 0.2) is 23.0 Å². The van der Waals surface area contributed by atoms with Gasteiger partial charge in [-0.05, 0) is 36.6 Å². The molecule has 9 nitrogen and oxygen atoms in total. The van der Waals surface area contributed by atoms with Crippen LogP contribution >= 0.6 is 0 Å². The highest BCUT2D eigenvalue weighted by Gasteiger charge is 2.45. The first-order valence-corrected chi connectivity index (χ1v) is 11.3. The third-order valence-electron chi connectivity index (χ3n) is 6.93. The fraction of sp³-hybridized carbons (Fsp3) is 0.308. The van der Waals surface area contributed by atoms with E-state index in [-0.39, 0.29) is 37.2 Å². The zero-order valence-corrected chi connectivity index (χ0v) is 19.5. The lowest BCUT2D eigenvalue weighted by molar-refractivity contribution is -0.172. The van der Waals surface area contributed by atoms with Gasteiger partial charge in [0.15, 0.2) is 11.7 Å². The van der Waals surface area contributed by atoms with Crippen LogP contribution in [0.2, 0.25) is 0 Å². The molecule has 1 amide bonds. The molecule has 0 spiro atoms. The lowest BCUT2D eigenvalue weighted by atomic mass is 9.86. The number of aryl methyl sites for hydroxylation is 1. The van der Waals surface area contributed by atoms with Crippen molar-refractivity contribution >= 4 is 22.8 Å². The molecule has 184 valence electrons. The van der Waals surface area contributed by atoms with Gasteiger partial charge in [0.05, 0.1) is 29.0 Å². The third-order valence-corrected chi connectivity index (χ3v) is 6.93. The van der Waals surface area contributed by atoms with Gasteiger partial charge in [0, 0.05) is 29.1 Å². The Labute approximate surface area is 204 Å². The van der Waals surface area contributed by atoms with Crippen LogP contribution in [0.3, 0.4) is 0 Å². The Hall–Kier alpha value is -4.07. The van der Waals surface area contributed by atoms with Crippen LogP contribution in [-0.4, -0.2) is 37.7 Å². The molecule has 0 radical (unpaired) electrons. The van der Waals surface area contributed by atoms with Crippen molar-refractivity contribution in [2.45, 2.75) is 51.7 Å². The quantitative estimate of drug-likeness (QED) is 0.288. The van der Waals surface area contributed by atoms with Crippen molar-refractivity contribution in [2.24, 2.45) is 0 Å². The fourth-order valence-corrected chi connectivity index (χ4v) is 4.84. The molecule has 10 heteroatoms. The molecule has 1 aromatic carbocycles. The van der Waals surface area contributed by atoms with Gasteiger partial charge in [-0.25, -0.2) is 14.2 Å². The number of carbonyl (C=O) groups excluding carboxylic acids is 2. The first kappa shape index (κ1) is 23.7. The van der Waals surface area contributed by atoms with Crippen molar-refractivity contribution in [3.05, 3.63) is 62.2 Å². The van der Waals surface area contributed by atoms with Crippen LogP contribution in [0.25, 0.3) is 22.3 Å². The highest BCUT2D eigenvalue weighted by Crippen LogP contribution is 2.40. The zero-order chi connectivity index (χ0) is 25.9. The van der Waals surface area contributed by atoms with Crippen molar-refractivity contribution in [1.82, 2.24) is 14.9 Å². The Kier molecular flexibility index (Phi) is 5.43. The predicted octanol–water partition coefficient (Wildman–Crippen LogP) is 1.14. The predicted molar refractivity (Wildman–Crippen MR) is 126 cm³/mol. The summed E-state index contributed by atoms with van der Waals surface area (Å²) in [6.45, 7) is 2.98. The summed E-state index contributed by atoms with van der Waals surface area (Å²) in [4.78, 5) is 42.6. The van der Waals surface area contributed by atoms with Gasteiger partial charge in [-0.1, -0.05) is 12.8 Å². The van der Waals surface area contributed by atoms with Crippen molar-refractivity contribution in [1.29, 1.82) is 0 Å². The average molecular weight is 491 g/mol. The maximum absolute atomic E-state index is 14.5. The van der Waals surface area contributed by atoms with E-state index in [2.05, 4.69) is 10.3 Å². The highest BCUT2D eigenvalue weighted by molar-refractivity contribution is 5.90. The molecule has 0 aliphatic carbocycles. The van der Waals surface area contributed by atoms with Crippen molar-refractivity contribution < 1.29 is 28.9 Å². The molecular formula is C26H22FN3O6. The first-order valence-electron chi connectivity index (χ1n) is 11.3. The minimum absolute atomic E-state index is 0.000985. The lowest BCUT2D eigenvalue weighted by Crippen LogP contribution is -2.44. The molecule has 3 N–H and O–H groups in total. The van der Waals surface area contributed by atoms with Crippen molar-refractivity contribution in [3.8, 4) is 23.7 Å². The molecule has 2 aliphatic heterocycles. The molecular weight excluding hydrogens is 469 g/mol. The largest absolute Gasteiger partial charge is 0.458 e. The topological polar surface area (TPSA) is 131 Å². The molecule has 3 aromatic rings. The number of nitrogens with zero attached hydrogens (tertiary/aromatic N) is 2. The Bertz CT molecular complexity index is 1590. The number of hydrogen-bond donors (Lipinski definition) is 3. The van der Waals surface area contributed by atoms with E-state index in [1.807, 2.05) is 5.92 Å².